The normalized spacial score (nSPS) is 23.1. The van der Waals surface area contributed by atoms with Crippen LogP contribution >= 0.6 is 0 Å². The number of ketones is 1. The van der Waals surface area contributed by atoms with Crippen molar-refractivity contribution in [1.82, 2.24) is 0 Å². The molecular formula is C26H27NO6. The fourth-order valence-electron chi connectivity index (χ4n) is 5.14. The maximum absolute atomic E-state index is 13.1. The predicted octanol–water partition coefficient (Wildman–Crippen LogP) is 3.89. The summed E-state index contributed by atoms with van der Waals surface area (Å²) in [5.74, 6) is -2.01. The summed E-state index contributed by atoms with van der Waals surface area (Å²) in [5.41, 5.74) is 1.46. The van der Waals surface area contributed by atoms with Gasteiger partial charge in [-0.3, -0.25) is 14.4 Å². The van der Waals surface area contributed by atoms with Gasteiger partial charge in [0.1, 0.15) is 0 Å². The topological polar surface area (TPSA) is 98.8 Å². The van der Waals surface area contributed by atoms with Crippen LogP contribution < -0.4 is 5.32 Å². The molecule has 2 aromatic rings. The van der Waals surface area contributed by atoms with E-state index in [2.05, 4.69) is 5.32 Å². The molecule has 2 bridgehead atoms. The van der Waals surface area contributed by atoms with Gasteiger partial charge in [-0.1, -0.05) is 30.3 Å². The van der Waals surface area contributed by atoms with E-state index in [-0.39, 0.29) is 24.2 Å². The van der Waals surface area contributed by atoms with Crippen LogP contribution in [0.2, 0.25) is 0 Å². The molecule has 2 aliphatic carbocycles. The molecular weight excluding hydrogens is 422 g/mol. The molecule has 2 aromatic carbocycles. The van der Waals surface area contributed by atoms with Gasteiger partial charge in [0.25, 0.3) is 5.91 Å². The van der Waals surface area contributed by atoms with E-state index in [0.29, 0.717) is 16.8 Å². The standard InChI is InChI=1S/C26H27NO6/c1-2-32-25(30)17-10-12-20(13-11-17)27-21(28)15-33-26(31)23-19-9-8-18(14-19)22(23)24(29)16-6-4-3-5-7-16/h3-7,10-13,18-19,22-23H,2,8-9,14-15H2,1H3,(H,27,28)/t18-,19-,22+,23+/m0/s1. The Hall–Kier alpha value is -3.48. The molecule has 0 unspecified atom stereocenters. The first-order valence-corrected chi connectivity index (χ1v) is 11.3. The highest BCUT2D eigenvalue weighted by Gasteiger charge is 2.54. The van der Waals surface area contributed by atoms with Gasteiger partial charge in [0.05, 0.1) is 18.1 Å². The maximum Gasteiger partial charge on any atom is 0.338 e. The van der Waals surface area contributed by atoms with Crippen molar-refractivity contribution in [1.29, 1.82) is 0 Å². The molecule has 0 radical (unpaired) electrons. The highest BCUT2D eigenvalue weighted by atomic mass is 16.5. The minimum atomic E-state index is -0.506. The number of esters is 2. The van der Waals surface area contributed by atoms with Gasteiger partial charge < -0.3 is 14.8 Å². The van der Waals surface area contributed by atoms with Crippen LogP contribution in [0.15, 0.2) is 54.6 Å². The van der Waals surface area contributed by atoms with Crippen molar-refractivity contribution in [3.05, 3.63) is 65.7 Å². The van der Waals surface area contributed by atoms with Crippen LogP contribution in [0.25, 0.3) is 0 Å². The predicted molar refractivity (Wildman–Crippen MR) is 121 cm³/mol. The van der Waals surface area contributed by atoms with Crippen molar-refractivity contribution in [3.8, 4) is 0 Å². The molecule has 1 N–H and O–H groups in total. The van der Waals surface area contributed by atoms with Crippen LogP contribution in [0.5, 0.6) is 0 Å². The zero-order valence-corrected chi connectivity index (χ0v) is 18.5. The van der Waals surface area contributed by atoms with Crippen LogP contribution in [0.3, 0.4) is 0 Å². The quantitative estimate of drug-likeness (QED) is 0.485. The minimum absolute atomic E-state index is 0.0177. The third kappa shape index (κ3) is 4.97. The molecule has 2 saturated carbocycles. The largest absolute Gasteiger partial charge is 0.462 e. The van der Waals surface area contributed by atoms with Gasteiger partial charge in [0, 0.05) is 17.2 Å². The zero-order valence-electron chi connectivity index (χ0n) is 18.5. The van der Waals surface area contributed by atoms with Crippen LogP contribution in [0.4, 0.5) is 5.69 Å². The van der Waals surface area contributed by atoms with Crippen LogP contribution in [0.1, 0.15) is 46.9 Å². The molecule has 2 aliphatic rings. The molecule has 7 nitrogen and oxygen atoms in total. The van der Waals surface area contributed by atoms with Crippen molar-refractivity contribution in [2.75, 3.05) is 18.5 Å². The van der Waals surface area contributed by atoms with Crippen LogP contribution in [-0.2, 0) is 19.1 Å². The second-order valence-corrected chi connectivity index (χ2v) is 8.57. The molecule has 0 aliphatic heterocycles. The summed E-state index contributed by atoms with van der Waals surface area (Å²) < 4.78 is 10.3. The number of carbonyl (C=O) groups is 4. The summed E-state index contributed by atoms with van der Waals surface area (Å²) in [4.78, 5) is 50.1. The molecule has 0 spiro atoms. The molecule has 2 fully saturated rings. The lowest BCUT2D eigenvalue weighted by molar-refractivity contribution is -0.154. The van der Waals surface area contributed by atoms with Crippen LogP contribution in [-0.4, -0.2) is 36.8 Å². The number of ether oxygens (including phenoxy) is 2. The molecule has 33 heavy (non-hydrogen) atoms. The first kappa shape index (κ1) is 22.7. The van der Waals surface area contributed by atoms with E-state index in [4.69, 9.17) is 9.47 Å². The average Bonchev–Trinajstić information content (AvgIpc) is 3.45. The number of carbonyl (C=O) groups excluding carboxylic acids is 4. The Balaban J connectivity index is 1.34. The summed E-state index contributed by atoms with van der Waals surface area (Å²) in [6, 6.07) is 15.3. The van der Waals surface area contributed by atoms with E-state index in [1.165, 1.54) is 0 Å². The molecule has 1 amide bonds. The summed E-state index contributed by atoms with van der Waals surface area (Å²) in [6.45, 7) is 1.58. The van der Waals surface area contributed by atoms with Gasteiger partial charge in [-0.05, 0) is 62.3 Å². The van der Waals surface area contributed by atoms with Gasteiger partial charge in [-0.2, -0.15) is 0 Å². The number of amides is 1. The molecule has 0 heterocycles. The third-order valence-corrected chi connectivity index (χ3v) is 6.57. The number of hydrogen-bond acceptors (Lipinski definition) is 6. The molecule has 172 valence electrons. The summed E-state index contributed by atoms with van der Waals surface area (Å²) in [5, 5.41) is 2.64. The van der Waals surface area contributed by atoms with E-state index >= 15 is 0 Å². The van der Waals surface area contributed by atoms with Crippen molar-refractivity contribution < 1.29 is 28.7 Å². The smallest absolute Gasteiger partial charge is 0.338 e. The summed E-state index contributed by atoms with van der Waals surface area (Å²) >= 11 is 0. The Morgan fingerprint density at radius 3 is 2.18 bits per heavy atom. The highest BCUT2D eigenvalue weighted by Crippen LogP contribution is 2.53. The van der Waals surface area contributed by atoms with E-state index in [1.807, 2.05) is 18.2 Å². The Bertz CT molecular complexity index is 1030. The fraction of sp³-hybridized carbons (Fsp3) is 0.385. The Morgan fingerprint density at radius 1 is 0.848 bits per heavy atom. The van der Waals surface area contributed by atoms with E-state index in [9.17, 15) is 19.2 Å². The molecule has 4 atom stereocenters. The van der Waals surface area contributed by atoms with E-state index < -0.39 is 36.3 Å². The first-order chi connectivity index (χ1) is 16.0. The monoisotopic (exact) mass is 449 g/mol. The summed E-state index contributed by atoms with van der Waals surface area (Å²) in [7, 11) is 0. The number of Topliss-reactive ketones (excluding diaryl/α,β-unsaturated/α-hetero) is 1. The number of benzene rings is 2. The Labute approximate surface area is 192 Å². The molecule has 0 saturated heterocycles. The lowest BCUT2D eigenvalue weighted by Gasteiger charge is -2.28. The number of hydrogen-bond donors (Lipinski definition) is 1. The SMILES string of the molecule is CCOC(=O)c1ccc(NC(=O)COC(=O)[C@@H]2[C@H]3CC[C@@H](C3)[C@H]2C(=O)c2ccccc2)cc1. The molecule has 7 heteroatoms. The highest BCUT2D eigenvalue weighted by molar-refractivity contribution is 6.01. The number of anilines is 1. The van der Waals surface area contributed by atoms with Gasteiger partial charge >= 0.3 is 11.9 Å². The molecule has 4 rings (SSSR count). The van der Waals surface area contributed by atoms with Crippen molar-refractivity contribution in [2.24, 2.45) is 23.7 Å². The first-order valence-electron chi connectivity index (χ1n) is 11.3. The Kier molecular flexibility index (Phi) is 6.87. The fourth-order valence-corrected chi connectivity index (χ4v) is 5.14. The number of fused-ring (bicyclic) bond motifs is 2. The van der Waals surface area contributed by atoms with Gasteiger partial charge in [0.2, 0.25) is 0 Å². The second-order valence-electron chi connectivity index (χ2n) is 8.57. The number of rotatable bonds is 8. The second kappa shape index (κ2) is 9.98. The van der Waals surface area contributed by atoms with Crippen molar-refractivity contribution in [3.63, 3.8) is 0 Å². The summed E-state index contributed by atoms with van der Waals surface area (Å²) in [6.07, 6.45) is 2.70. The molecule has 0 aromatic heterocycles. The lowest BCUT2D eigenvalue weighted by Crippen LogP contribution is -2.37. The van der Waals surface area contributed by atoms with Crippen LogP contribution in [0, 0.1) is 23.7 Å². The van der Waals surface area contributed by atoms with Crippen molar-refractivity contribution >= 4 is 29.3 Å². The minimum Gasteiger partial charge on any atom is -0.462 e. The van der Waals surface area contributed by atoms with E-state index in [1.54, 1.807) is 43.3 Å². The van der Waals surface area contributed by atoms with Gasteiger partial charge in [-0.15, -0.1) is 0 Å². The van der Waals surface area contributed by atoms with Crippen molar-refractivity contribution in [2.45, 2.75) is 26.2 Å². The van der Waals surface area contributed by atoms with E-state index in [0.717, 1.165) is 19.3 Å². The Morgan fingerprint density at radius 2 is 1.52 bits per heavy atom. The zero-order chi connectivity index (χ0) is 23.4. The average molecular weight is 450 g/mol. The number of nitrogens with one attached hydrogen (secondary N) is 1. The van der Waals surface area contributed by atoms with Gasteiger partial charge in [-0.25, -0.2) is 4.79 Å². The van der Waals surface area contributed by atoms with Gasteiger partial charge in [0.15, 0.2) is 12.4 Å². The maximum atomic E-state index is 13.1. The third-order valence-electron chi connectivity index (χ3n) is 6.57. The lowest BCUT2D eigenvalue weighted by atomic mass is 9.75.